The van der Waals surface area contributed by atoms with Gasteiger partial charge in [0.05, 0.1) is 5.92 Å². The summed E-state index contributed by atoms with van der Waals surface area (Å²) >= 11 is 0. The monoisotopic (exact) mass is 366 g/mol. The van der Waals surface area contributed by atoms with Crippen molar-refractivity contribution in [2.75, 3.05) is 13.6 Å². The third-order valence-electron chi connectivity index (χ3n) is 5.88. The second kappa shape index (κ2) is 6.53. The van der Waals surface area contributed by atoms with Gasteiger partial charge in [0.2, 0.25) is 11.8 Å². The highest BCUT2D eigenvalue weighted by Crippen LogP contribution is 2.40. The number of nitrogens with zero attached hydrogens (tertiary/aromatic N) is 1. The third kappa shape index (κ3) is 2.94. The molecule has 0 saturated heterocycles. The fraction of sp³-hybridized carbons (Fsp3) is 0.429. The minimum atomic E-state index is -0.648. The number of aromatic amines is 1. The molecule has 3 atom stereocenters. The molecule has 1 aromatic heterocycles. The van der Waals surface area contributed by atoms with E-state index in [-0.39, 0.29) is 23.8 Å². The topological polar surface area (TPSA) is 91.2 Å². The number of nitrogens with one attached hydrogen (secondary N) is 2. The SMILES string of the molecule is CC(C)[C@H](NC(=O)[C@@H]1C=C2c3cccc4[nH]cc(c34)C[C@H]2N(C)C1)C(N)=O. The zero-order chi connectivity index (χ0) is 19.3. The van der Waals surface area contributed by atoms with Crippen molar-refractivity contribution >= 4 is 28.3 Å². The molecule has 6 nitrogen and oxygen atoms in total. The van der Waals surface area contributed by atoms with Crippen molar-refractivity contribution in [3.8, 4) is 0 Å². The summed E-state index contributed by atoms with van der Waals surface area (Å²) in [4.78, 5) is 30.1. The van der Waals surface area contributed by atoms with Gasteiger partial charge in [-0.2, -0.15) is 0 Å². The van der Waals surface area contributed by atoms with Gasteiger partial charge in [-0.3, -0.25) is 14.5 Å². The van der Waals surface area contributed by atoms with Crippen LogP contribution in [0.2, 0.25) is 0 Å². The number of nitrogens with two attached hydrogens (primary N) is 1. The molecule has 4 rings (SSSR count). The van der Waals surface area contributed by atoms with E-state index in [1.807, 2.05) is 19.9 Å². The molecule has 2 heterocycles. The number of hydrogen-bond donors (Lipinski definition) is 3. The van der Waals surface area contributed by atoms with Crippen LogP contribution in [0.15, 0.2) is 30.5 Å². The van der Waals surface area contributed by atoms with Gasteiger partial charge in [-0.1, -0.05) is 32.1 Å². The number of likely N-dealkylation sites (N-methyl/N-ethyl adjacent to an activating group) is 1. The molecule has 0 saturated carbocycles. The van der Waals surface area contributed by atoms with Crippen molar-refractivity contribution < 1.29 is 9.59 Å². The second-order valence-electron chi connectivity index (χ2n) is 8.06. The molecule has 0 spiro atoms. The summed E-state index contributed by atoms with van der Waals surface area (Å²) in [6.45, 7) is 4.39. The first kappa shape index (κ1) is 17.8. The average Bonchev–Trinajstić information content (AvgIpc) is 3.04. The number of primary amides is 1. The maximum absolute atomic E-state index is 12.9. The van der Waals surface area contributed by atoms with Gasteiger partial charge in [-0.05, 0) is 42.2 Å². The Morgan fingerprint density at radius 2 is 2.11 bits per heavy atom. The number of carbonyl (C=O) groups is 2. The van der Waals surface area contributed by atoms with Crippen molar-refractivity contribution in [3.63, 3.8) is 0 Å². The van der Waals surface area contributed by atoms with Gasteiger partial charge in [0.1, 0.15) is 6.04 Å². The minimum Gasteiger partial charge on any atom is -0.368 e. The standard InChI is InChI=1S/C21H26N4O2/c1-11(2)19(20(22)26)24-21(27)13-7-15-14-5-4-6-16-18(14)12(9-23-16)8-17(15)25(3)10-13/h4-7,9,11,13,17,19,23H,8,10H2,1-3H3,(H2,22,26)(H,24,27)/t13-,17-,19+/m1/s1. The van der Waals surface area contributed by atoms with E-state index in [4.69, 9.17) is 5.73 Å². The van der Waals surface area contributed by atoms with Crippen LogP contribution in [0.25, 0.3) is 16.5 Å². The Labute approximate surface area is 158 Å². The highest BCUT2D eigenvalue weighted by Gasteiger charge is 2.36. The molecule has 2 aromatic rings. The van der Waals surface area contributed by atoms with Crippen LogP contribution in [0, 0.1) is 11.8 Å². The number of aromatic nitrogens is 1. The van der Waals surface area contributed by atoms with Gasteiger partial charge in [-0.15, -0.1) is 0 Å². The average molecular weight is 366 g/mol. The van der Waals surface area contributed by atoms with Crippen molar-refractivity contribution in [2.24, 2.45) is 17.6 Å². The van der Waals surface area contributed by atoms with Crippen LogP contribution >= 0.6 is 0 Å². The first-order valence-electron chi connectivity index (χ1n) is 9.47. The molecule has 1 aromatic carbocycles. The number of benzene rings is 1. The number of hydrogen-bond acceptors (Lipinski definition) is 3. The zero-order valence-corrected chi connectivity index (χ0v) is 16.0. The van der Waals surface area contributed by atoms with Crippen LogP contribution in [0.4, 0.5) is 0 Å². The summed E-state index contributed by atoms with van der Waals surface area (Å²) in [6.07, 6.45) is 5.12. The summed E-state index contributed by atoms with van der Waals surface area (Å²) in [5.74, 6) is -0.985. The molecule has 2 amide bonds. The van der Waals surface area contributed by atoms with E-state index in [9.17, 15) is 9.59 Å². The van der Waals surface area contributed by atoms with Gasteiger partial charge < -0.3 is 16.0 Å². The smallest absolute Gasteiger partial charge is 0.240 e. The lowest BCUT2D eigenvalue weighted by molar-refractivity contribution is -0.130. The van der Waals surface area contributed by atoms with Gasteiger partial charge in [0.25, 0.3) is 0 Å². The van der Waals surface area contributed by atoms with Crippen LogP contribution in [0.5, 0.6) is 0 Å². The number of carbonyl (C=O) groups excluding carboxylic acids is 2. The summed E-state index contributed by atoms with van der Waals surface area (Å²) < 4.78 is 0. The lowest BCUT2D eigenvalue weighted by Crippen LogP contribution is -2.52. The Morgan fingerprint density at radius 1 is 1.33 bits per heavy atom. The van der Waals surface area contributed by atoms with E-state index in [1.54, 1.807) is 0 Å². The fourth-order valence-corrected chi connectivity index (χ4v) is 4.44. The molecule has 0 unspecified atom stereocenters. The largest absolute Gasteiger partial charge is 0.368 e. The van der Waals surface area contributed by atoms with E-state index in [2.05, 4.69) is 46.7 Å². The zero-order valence-electron chi connectivity index (χ0n) is 16.0. The number of rotatable bonds is 4. The Morgan fingerprint density at radius 3 is 2.81 bits per heavy atom. The molecule has 27 heavy (non-hydrogen) atoms. The molecular formula is C21H26N4O2. The molecule has 142 valence electrons. The van der Waals surface area contributed by atoms with Gasteiger partial charge in [-0.25, -0.2) is 0 Å². The van der Waals surface area contributed by atoms with Crippen molar-refractivity contribution in [3.05, 3.63) is 41.6 Å². The van der Waals surface area contributed by atoms with Crippen molar-refractivity contribution in [2.45, 2.75) is 32.4 Å². The first-order chi connectivity index (χ1) is 12.9. The fourth-order valence-electron chi connectivity index (χ4n) is 4.44. The van der Waals surface area contributed by atoms with Crippen molar-refractivity contribution in [1.82, 2.24) is 15.2 Å². The molecule has 1 aliphatic carbocycles. The number of fused-ring (bicyclic) bond motifs is 2. The lowest BCUT2D eigenvalue weighted by atomic mass is 9.79. The van der Waals surface area contributed by atoms with E-state index in [0.29, 0.717) is 6.54 Å². The van der Waals surface area contributed by atoms with Crippen LogP contribution < -0.4 is 11.1 Å². The van der Waals surface area contributed by atoms with Gasteiger partial charge in [0, 0.05) is 29.7 Å². The van der Waals surface area contributed by atoms with E-state index in [0.717, 1.165) is 11.9 Å². The number of H-pyrrole nitrogens is 1. The predicted octanol–water partition coefficient (Wildman–Crippen LogP) is 1.66. The van der Waals surface area contributed by atoms with Gasteiger partial charge >= 0.3 is 0 Å². The van der Waals surface area contributed by atoms with Crippen LogP contribution in [0.3, 0.4) is 0 Å². The Balaban J connectivity index is 1.69. The van der Waals surface area contributed by atoms with Crippen molar-refractivity contribution in [1.29, 1.82) is 0 Å². The van der Waals surface area contributed by atoms with E-state index in [1.165, 1.54) is 22.1 Å². The molecule has 0 fully saturated rings. The normalized spacial score (nSPS) is 23.0. The number of amides is 2. The predicted molar refractivity (Wildman–Crippen MR) is 106 cm³/mol. The highest BCUT2D eigenvalue weighted by molar-refractivity contribution is 5.99. The van der Waals surface area contributed by atoms with E-state index < -0.39 is 11.9 Å². The molecule has 0 radical (unpaired) electrons. The molecule has 2 aliphatic rings. The maximum atomic E-state index is 12.9. The van der Waals surface area contributed by atoms with Crippen LogP contribution in [-0.2, 0) is 16.0 Å². The second-order valence-corrected chi connectivity index (χ2v) is 8.06. The molecule has 4 N–H and O–H groups in total. The Hall–Kier alpha value is -2.60. The third-order valence-corrected chi connectivity index (χ3v) is 5.88. The Bertz CT molecular complexity index is 943. The summed E-state index contributed by atoms with van der Waals surface area (Å²) in [6, 6.07) is 5.88. The van der Waals surface area contributed by atoms with Crippen LogP contribution in [0.1, 0.15) is 25.0 Å². The summed E-state index contributed by atoms with van der Waals surface area (Å²) in [5.41, 5.74) is 10.3. The van der Waals surface area contributed by atoms with Crippen LogP contribution in [-0.4, -0.2) is 47.4 Å². The molecule has 0 bridgehead atoms. The van der Waals surface area contributed by atoms with Gasteiger partial charge in [0.15, 0.2) is 0 Å². The lowest BCUT2D eigenvalue weighted by Gasteiger charge is -2.39. The first-order valence-corrected chi connectivity index (χ1v) is 9.47. The Kier molecular flexibility index (Phi) is 4.30. The van der Waals surface area contributed by atoms with E-state index >= 15 is 0 Å². The minimum absolute atomic E-state index is 0.0426. The maximum Gasteiger partial charge on any atom is 0.240 e. The quantitative estimate of drug-likeness (QED) is 0.769. The molecule has 1 aliphatic heterocycles. The molecular weight excluding hydrogens is 340 g/mol. The highest BCUT2D eigenvalue weighted by atomic mass is 16.2. The summed E-state index contributed by atoms with van der Waals surface area (Å²) in [7, 11) is 2.06. The summed E-state index contributed by atoms with van der Waals surface area (Å²) in [5, 5.41) is 4.11. The molecule has 6 heteroatoms.